The molecule has 1 aromatic heterocycles. The second-order valence-corrected chi connectivity index (χ2v) is 6.45. The van der Waals surface area contributed by atoms with Gasteiger partial charge in [0, 0.05) is 29.9 Å². The first-order chi connectivity index (χ1) is 8.44. The lowest BCUT2D eigenvalue weighted by atomic mass is 9.76. The molecule has 2 nitrogen and oxygen atoms in total. The highest BCUT2D eigenvalue weighted by Gasteiger charge is 2.33. The van der Waals surface area contributed by atoms with Crippen molar-refractivity contribution in [3.8, 4) is 0 Å². The second-order valence-electron chi connectivity index (χ2n) is 6.45. The van der Waals surface area contributed by atoms with Gasteiger partial charge in [-0.3, -0.25) is 4.79 Å². The number of hydrogen-bond donors (Lipinski definition) is 0. The van der Waals surface area contributed by atoms with E-state index in [1.807, 2.05) is 0 Å². The summed E-state index contributed by atoms with van der Waals surface area (Å²) < 4.78 is 2.38. The van der Waals surface area contributed by atoms with E-state index in [9.17, 15) is 4.79 Å². The van der Waals surface area contributed by atoms with Crippen molar-refractivity contribution in [3.05, 3.63) is 23.0 Å². The molecule has 0 aliphatic heterocycles. The van der Waals surface area contributed by atoms with Crippen LogP contribution in [0.5, 0.6) is 0 Å². The van der Waals surface area contributed by atoms with Gasteiger partial charge in [0.15, 0.2) is 5.78 Å². The Morgan fingerprint density at radius 2 is 2.00 bits per heavy atom. The highest BCUT2D eigenvalue weighted by atomic mass is 16.1. The zero-order valence-corrected chi connectivity index (χ0v) is 12.2. The number of rotatable bonds is 4. The maximum atomic E-state index is 12.2. The van der Waals surface area contributed by atoms with Crippen LogP contribution in [0, 0.1) is 12.3 Å². The summed E-state index contributed by atoms with van der Waals surface area (Å²) in [6, 6.07) is 2.10. The molecule has 100 valence electrons. The number of fused-ring (bicyclic) bond motifs is 1. The van der Waals surface area contributed by atoms with E-state index in [0.717, 1.165) is 18.5 Å². The predicted octanol–water partition coefficient (Wildman–Crippen LogP) is 4.14. The van der Waals surface area contributed by atoms with E-state index < -0.39 is 0 Å². The summed E-state index contributed by atoms with van der Waals surface area (Å²) in [5, 5.41) is 0. The molecule has 0 aromatic carbocycles. The first-order valence-corrected chi connectivity index (χ1v) is 7.17. The maximum Gasteiger partial charge on any atom is 0.165 e. The summed E-state index contributed by atoms with van der Waals surface area (Å²) in [6.07, 6.45) is 5.45. The zero-order chi connectivity index (χ0) is 13.3. The molecule has 0 unspecified atom stereocenters. The first-order valence-electron chi connectivity index (χ1n) is 7.17. The van der Waals surface area contributed by atoms with Crippen LogP contribution < -0.4 is 0 Å². The molecule has 1 aliphatic carbocycles. The minimum atomic E-state index is 0.122. The average Bonchev–Trinajstić information content (AvgIpc) is 2.56. The van der Waals surface area contributed by atoms with E-state index in [1.54, 1.807) is 0 Å². The van der Waals surface area contributed by atoms with E-state index in [1.165, 1.54) is 30.7 Å². The third-order valence-electron chi connectivity index (χ3n) is 3.99. The largest absolute Gasteiger partial charge is 0.348 e. The SMILES string of the molecule is CCCCCn1c(C)cc2c1CC(C)(C)CC2=O. The van der Waals surface area contributed by atoms with Crippen molar-refractivity contribution in [1.29, 1.82) is 0 Å². The number of carbonyl (C=O) groups excluding carboxylic acids is 1. The first kappa shape index (κ1) is 13.4. The van der Waals surface area contributed by atoms with Crippen LogP contribution in [0.1, 0.15) is 68.2 Å². The fraction of sp³-hybridized carbons (Fsp3) is 0.688. The van der Waals surface area contributed by atoms with Crippen LogP contribution in [0.25, 0.3) is 0 Å². The van der Waals surface area contributed by atoms with Gasteiger partial charge in [0.2, 0.25) is 0 Å². The zero-order valence-electron chi connectivity index (χ0n) is 12.2. The Bertz CT molecular complexity index is 454. The number of carbonyl (C=O) groups is 1. The maximum absolute atomic E-state index is 12.2. The lowest BCUT2D eigenvalue weighted by Crippen LogP contribution is -2.28. The number of aryl methyl sites for hydroxylation is 1. The van der Waals surface area contributed by atoms with Crippen molar-refractivity contribution in [1.82, 2.24) is 4.57 Å². The van der Waals surface area contributed by atoms with Gasteiger partial charge in [0.05, 0.1) is 0 Å². The molecule has 0 N–H and O–H groups in total. The van der Waals surface area contributed by atoms with Gasteiger partial charge in [-0.05, 0) is 31.2 Å². The van der Waals surface area contributed by atoms with Gasteiger partial charge in [0.1, 0.15) is 0 Å². The average molecular weight is 247 g/mol. The Kier molecular flexibility index (Phi) is 3.65. The van der Waals surface area contributed by atoms with Gasteiger partial charge in [-0.2, -0.15) is 0 Å². The molecule has 18 heavy (non-hydrogen) atoms. The van der Waals surface area contributed by atoms with Crippen molar-refractivity contribution in [2.45, 2.75) is 66.3 Å². The molecular weight excluding hydrogens is 222 g/mol. The number of ketones is 1. The summed E-state index contributed by atoms with van der Waals surface area (Å²) in [5.41, 5.74) is 3.65. The molecule has 0 saturated carbocycles. The van der Waals surface area contributed by atoms with Crippen molar-refractivity contribution in [2.75, 3.05) is 0 Å². The Morgan fingerprint density at radius 1 is 1.28 bits per heavy atom. The van der Waals surface area contributed by atoms with E-state index in [4.69, 9.17) is 0 Å². The van der Waals surface area contributed by atoms with Crippen molar-refractivity contribution in [3.63, 3.8) is 0 Å². The lowest BCUT2D eigenvalue weighted by molar-refractivity contribution is 0.0910. The van der Waals surface area contributed by atoms with Crippen molar-refractivity contribution in [2.24, 2.45) is 5.41 Å². The van der Waals surface area contributed by atoms with Crippen LogP contribution in [0.3, 0.4) is 0 Å². The predicted molar refractivity (Wildman–Crippen MR) is 75.1 cm³/mol. The third-order valence-corrected chi connectivity index (χ3v) is 3.99. The van der Waals surface area contributed by atoms with Gasteiger partial charge in [0.25, 0.3) is 0 Å². The molecule has 1 aromatic rings. The van der Waals surface area contributed by atoms with Crippen LogP contribution in [0.15, 0.2) is 6.07 Å². The normalized spacial score (nSPS) is 17.9. The number of Topliss-reactive ketones (excluding diaryl/α,β-unsaturated/α-hetero) is 1. The standard InChI is InChI=1S/C16H25NO/c1-5-6-7-8-17-12(2)9-13-14(17)10-16(3,4)11-15(13)18/h9H,5-8,10-11H2,1-4H3. The Balaban J connectivity index is 2.29. The molecular formula is C16H25NO. The van der Waals surface area contributed by atoms with Crippen LogP contribution in [0.2, 0.25) is 0 Å². The van der Waals surface area contributed by atoms with E-state index in [-0.39, 0.29) is 5.41 Å². The number of aromatic nitrogens is 1. The van der Waals surface area contributed by atoms with Crippen molar-refractivity contribution >= 4 is 5.78 Å². The fourth-order valence-electron chi connectivity index (χ4n) is 3.04. The van der Waals surface area contributed by atoms with Gasteiger partial charge >= 0.3 is 0 Å². The van der Waals surface area contributed by atoms with Crippen LogP contribution in [-0.2, 0) is 13.0 Å². The number of nitrogens with zero attached hydrogens (tertiary/aromatic N) is 1. The quantitative estimate of drug-likeness (QED) is 0.733. The molecule has 0 saturated heterocycles. The lowest BCUT2D eigenvalue weighted by Gasteiger charge is -2.30. The van der Waals surface area contributed by atoms with Gasteiger partial charge < -0.3 is 4.57 Å². The van der Waals surface area contributed by atoms with E-state index in [2.05, 4.69) is 38.3 Å². The monoisotopic (exact) mass is 247 g/mol. The van der Waals surface area contributed by atoms with Crippen LogP contribution in [0.4, 0.5) is 0 Å². The number of unbranched alkanes of at least 4 members (excludes halogenated alkanes) is 2. The number of hydrogen-bond acceptors (Lipinski definition) is 1. The Labute approximate surface area is 110 Å². The van der Waals surface area contributed by atoms with Crippen LogP contribution in [-0.4, -0.2) is 10.4 Å². The molecule has 1 aliphatic rings. The van der Waals surface area contributed by atoms with Gasteiger partial charge in [-0.25, -0.2) is 0 Å². The van der Waals surface area contributed by atoms with E-state index in [0.29, 0.717) is 12.2 Å². The molecule has 0 fully saturated rings. The smallest absolute Gasteiger partial charge is 0.165 e. The van der Waals surface area contributed by atoms with E-state index >= 15 is 0 Å². The Morgan fingerprint density at radius 3 is 2.67 bits per heavy atom. The molecule has 0 spiro atoms. The highest BCUT2D eigenvalue weighted by Crippen LogP contribution is 2.36. The molecule has 0 atom stereocenters. The minimum absolute atomic E-state index is 0.122. The second kappa shape index (κ2) is 4.91. The summed E-state index contributed by atoms with van der Waals surface area (Å²) in [5.74, 6) is 0.332. The summed E-state index contributed by atoms with van der Waals surface area (Å²) >= 11 is 0. The minimum Gasteiger partial charge on any atom is -0.348 e. The summed E-state index contributed by atoms with van der Waals surface area (Å²) in [7, 11) is 0. The molecule has 0 bridgehead atoms. The molecule has 1 heterocycles. The summed E-state index contributed by atoms with van der Waals surface area (Å²) in [6.45, 7) is 9.83. The third kappa shape index (κ3) is 2.52. The highest BCUT2D eigenvalue weighted by molar-refractivity contribution is 5.99. The molecule has 0 radical (unpaired) electrons. The molecule has 2 rings (SSSR count). The fourth-order valence-corrected chi connectivity index (χ4v) is 3.04. The van der Waals surface area contributed by atoms with Crippen LogP contribution >= 0.6 is 0 Å². The molecule has 0 amide bonds. The Hall–Kier alpha value is -1.05. The summed E-state index contributed by atoms with van der Waals surface area (Å²) in [4.78, 5) is 12.2. The van der Waals surface area contributed by atoms with Gasteiger partial charge in [-0.15, -0.1) is 0 Å². The topological polar surface area (TPSA) is 22.0 Å². The van der Waals surface area contributed by atoms with Crippen molar-refractivity contribution < 1.29 is 4.79 Å². The van der Waals surface area contributed by atoms with Gasteiger partial charge in [-0.1, -0.05) is 33.6 Å². The molecule has 2 heteroatoms.